The summed E-state index contributed by atoms with van der Waals surface area (Å²) in [7, 11) is 0. The highest BCUT2D eigenvalue weighted by Crippen LogP contribution is 2.36. The Morgan fingerprint density at radius 2 is 1.96 bits per heavy atom. The third-order valence-corrected chi connectivity index (χ3v) is 5.38. The predicted octanol–water partition coefficient (Wildman–Crippen LogP) is 4.56. The number of thiophene rings is 1. The molecule has 7 heteroatoms. The van der Waals surface area contributed by atoms with Gasteiger partial charge in [-0.3, -0.25) is 4.79 Å². The van der Waals surface area contributed by atoms with E-state index >= 15 is 0 Å². The molecule has 1 amide bonds. The van der Waals surface area contributed by atoms with Crippen LogP contribution < -0.4 is 5.32 Å². The van der Waals surface area contributed by atoms with Crippen molar-refractivity contribution in [3.63, 3.8) is 0 Å². The number of esters is 1. The van der Waals surface area contributed by atoms with E-state index in [0.717, 1.165) is 16.9 Å². The van der Waals surface area contributed by atoms with Gasteiger partial charge in [0.25, 0.3) is 5.91 Å². The molecule has 26 heavy (non-hydrogen) atoms. The van der Waals surface area contributed by atoms with Crippen molar-refractivity contribution in [3.05, 3.63) is 69.8 Å². The Balaban J connectivity index is 1.65. The lowest BCUT2D eigenvalue weighted by molar-refractivity contribution is -0.129. The standard InChI is InChI=1S/C19H15ClFNO3S/c1-11(18(23)22-10-12-5-3-2-4-6-12)25-19(24)17-16(20)14-8-7-13(21)9-15(14)26-17/h2-9,11H,10H2,1H3,(H,22,23)/t11-/m0/s1. The minimum atomic E-state index is -0.982. The van der Waals surface area contributed by atoms with E-state index in [-0.39, 0.29) is 9.90 Å². The van der Waals surface area contributed by atoms with E-state index in [1.54, 1.807) is 0 Å². The van der Waals surface area contributed by atoms with Gasteiger partial charge in [-0.15, -0.1) is 11.3 Å². The molecule has 1 aromatic heterocycles. The second-order valence-corrected chi connectivity index (χ2v) is 7.07. The number of fused-ring (bicyclic) bond motifs is 1. The molecular formula is C19H15ClFNO3S. The largest absolute Gasteiger partial charge is 0.448 e. The molecule has 0 aliphatic rings. The first kappa shape index (κ1) is 18.4. The molecule has 0 fully saturated rings. The highest BCUT2D eigenvalue weighted by Gasteiger charge is 2.23. The van der Waals surface area contributed by atoms with Crippen molar-refractivity contribution in [1.29, 1.82) is 0 Å². The minimum Gasteiger partial charge on any atom is -0.448 e. The summed E-state index contributed by atoms with van der Waals surface area (Å²) in [6, 6.07) is 13.5. The zero-order valence-corrected chi connectivity index (χ0v) is 15.4. The molecule has 1 N–H and O–H groups in total. The average molecular weight is 392 g/mol. The van der Waals surface area contributed by atoms with Crippen molar-refractivity contribution in [2.75, 3.05) is 0 Å². The van der Waals surface area contributed by atoms with E-state index in [0.29, 0.717) is 16.6 Å². The Kier molecular flexibility index (Phi) is 5.54. The quantitative estimate of drug-likeness (QED) is 0.649. The number of halogens is 2. The molecule has 1 atom stereocenters. The second kappa shape index (κ2) is 7.85. The van der Waals surface area contributed by atoms with Crippen LogP contribution in [0.2, 0.25) is 5.02 Å². The summed E-state index contributed by atoms with van der Waals surface area (Å²) in [6.45, 7) is 1.82. The van der Waals surface area contributed by atoms with Gasteiger partial charge in [0, 0.05) is 16.6 Å². The molecule has 1 heterocycles. The van der Waals surface area contributed by atoms with Gasteiger partial charge in [0.15, 0.2) is 6.10 Å². The maximum absolute atomic E-state index is 13.3. The fraction of sp³-hybridized carbons (Fsp3) is 0.158. The van der Waals surface area contributed by atoms with Crippen molar-refractivity contribution < 1.29 is 18.7 Å². The first-order valence-electron chi connectivity index (χ1n) is 7.86. The Hall–Kier alpha value is -2.44. The van der Waals surface area contributed by atoms with E-state index in [2.05, 4.69) is 5.32 Å². The van der Waals surface area contributed by atoms with Crippen molar-refractivity contribution >= 4 is 44.9 Å². The molecule has 2 aromatic carbocycles. The summed E-state index contributed by atoms with van der Waals surface area (Å²) in [5, 5.41) is 3.48. The molecule has 0 saturated heterocycles. The number of carbonyl (C=O) groups is 2. The van der Waals surface area contributed by atoms with Crippen molar-refractivity contribution in [1.82, 2.24) is 5.32 Å². The van der Waals surface area contributed by atoms with Gasteiger partial charge in [0.2, 0.25) is 0 Å². The van der Waals surface area contributed by atoms with Crippen LogP contribution in [0.5, 0.6) is 0 Å². The van der Waals surface area contributed by atoms with Crippen LogP contribution in [0.25, 0.3) is 10.1 Å². The SMILES string of the molecule is C[C@H](OC(=O)c1sc2cc(F)ccc2c1Cl)C(=O)NCc1ccccc1. The van der Waals surface area contributed by atoms with Gasteiger partial charge >= 0.3 is 5.97 Å². The van der Waals surface area contributed by atoms with Crippen molar-refractivity contribution in [3.8, 4) is 0 Å². The minimum absolute atomic E-state index is 0.148. The van der Waals surface area contributed by atoms with Crippen LogP contribution in [0.4, 0.5) is 4.39 Å². The third kappa shape index (κ3) is 4.03. The number of nitrogens with one attached hydrogen (secondary N) is 1. The van der Waals surface area contributed by atoms with Crippen LogP contribution in [0.1, 0.15) is 22.2 Å². The zero-order valence-electron chi connectivity index (χ0n) is 13.8. The van der Waals surface area contributed by atoms with E-state index in [9.17, 15) is 14.0 Å². The Morgan fingerprint density at radius 3 is 2.69 bits per heavy atom. The maximum Gasteiger partial charge on any atom is 0.350 e. The molecule has 0 saturated carbocycles. The topological polar surface area (TPSA) is 55.4 Å². The molecule has 3 aromatic rings. The molecule has 0 aliphatic carbocycles. The fourth-order valence-corrected chi connectivity index (χ4v) is 3.78. The lowest BCUT2D eigenvalue weighted by Crippen LogP contribution is -2.35. The fourth-order valence-electron chi connectivity index (χ4n) is 2.37. The van der Waals surface area contributed by atoms with Gasteiger partial charge in [-0.05, 0) is 30.7 Å². The van der Waals surface area contributed by atoms with Gasteiger partial charge in [-0.25, -0.2) is 9.18 Å². The summed E-state index contributed by atoms with van der Waals surface area (Å²) in [4.78, 5) is 24.6. The third-order valence-electron chi connectivity index (χ3n) is 3.74. The average Bonchev–Trinajstić information content (AvgIpc) is 2.96. The molecule has 134 valence electrons. The Morgan fingerprint density at radius 1 is 1.23 bits per heavy atom. The highest BCUT2D eigenvalue weighted by molar-refractivity contribution is 7.21. The molecule has 0 spiro atoms. The Labute approximate surface area is 158 Å². The lowest BCUT2D eigenvalue weighted by atomic mass is 10.2. The smallest absolute Gasteiger partial charge is 0.350 e. The summed E-state index contributed by atoms with van der Waals surface area (Å²) >= 11 is 7.23. The number of rotatable bonds is 5. The number of carbonyl (C=O) groups excluding carboxylic acids is 2. The number of benzene rings is 2. The Bertz CT molecular complexity index is 958. The predicted molar refractivity (Wildman–Crippen MR) is 100.0 cm³/mol. The van der Waals surface area contributed by atoms with Crippen LogP contribution in [0.3, 0.4) is 0 Å². The van der Waals surface area contributed by atoms with Gasteiger partial charge < -0.3 is 10.1 Å². The van der Waals surface area contributed by atoms with E-state index in [1.165, 1.54) is 25.1 Å². The van der Waals surface area contributed by atoms with Gasteiger partial charge in [0.05, 0.1) is 5.02 Å². The number of hydrogen-bond donors (Lipinski definition) is 1. The van der Waals surface area contributed by atoms with Crippen LogP contribution in [0.15, 0.2) is 48.5 Å². The van der Waals surface area contributed by atoms with Crippen LogP contribution in [-0.4, -0.2) is 18.0 Å². The van der Waals surface area contributed by atoms with E-state index < -0.39 is 23.8 Å². The van der Waals surface area contributed by atoms with E-state index in [1.807, 2.05) is 30.3 Å². The molecule has 3 rings (SSSR count). The first-order chi connectivity index (χ1) is 12.5. The summed E-state index contributed by atoms with van der Waals surface area (Å²) < 4.78 is 19.1. The zero-order chi connectivity index (χ0) is 18.7. The molecule has 0 unspecified atom stereocenters. The van der Waals surface area contributed by atoms with Gasteiger partial charge in [0.1, 0.15) is 10.7 Å². The first-order valence-corrected chi connectivity index (χ1v) is 9.05. The monoisotopic (exact) mass is 391 g/mol. The van der Waals surface area contributed by atoms with Gasteiger partial charge in [-0.2, -0.15) is 0 Å². The van der Waals surface area contributed by atoms with Crippen molar-refractivity contribution in [2.45, 2.75) is 19.6 Å². The number of hydrogen-bond acceptors (Lipinski definition) is 4. The number of ether oxygens (including phenoxy) is 1. The summed E-state index contributed by atoms with van der Waals surface area (Å²) in [5.41, 5.74) is 0.939. The lowest BCUT2D eigenvalue weighted by Gasteiger charge is -2.13. The number of amides is 1. The summed E-state index contributed by atoms with van der Waals surface area (Å²) in [6.07, 6.45) is -0.982. The molecule has 4 nitrogen and oxygen atoms in total. The maximum atomic E-state index is 13.3. The molecule has 0 bridgehead atoms. The van der Waals surface area contributed by atoms with Crippen LogP contribution >= 0.6 is 22.9 Å². The molecule has 0 radical (unpaired) electrons. The molecular weight excluding hydrogens is 377 g/mol. The van der Waals surface area contributed by atoms with Crippen LogP contribution in [-0.2, 0) is 16.1 Å². The molecule has 0 aliphatic heterocycles. The van der Waals surface area contributed by atoms with Crippen molar-refractivity contribution in [2.24, 2.45) is 0 Å². The summed E-state index contributed by atoms with van der Waals surface area (Å²) in [5.74, 6) is -1.53. The highest BCUT2D eigenvalue weighted by atomic mass is 35.5. The van der Waals surface area contributed by atoms with Gasteiger partial charge in [-0.1, -0.05) is 41.9 Å². The normalized spacial score (nSPS) is 12.0. The van der Waals surface area contributed by atoms with Crippen LogP contribution in [0, 0.1) is 5.82 Å². The van der Waals surface area contributed by atoms with E-state index in [4.69, 9.17) is 16.3 Å². The second-order valence-electron chi connectivity index (χ2n) is 5.64.